The third-order valence-electron chi connectivity index (χ3n) is 5.75. The quantitative estimate of drug-likeness (QED) is 0.805. The Morgan fingerprint density at radius 2 is 1.96 bits per heavy atom. The molecule has 1 saturated carbocycles. The second-order valence-corrected chi connectivity index (χ2v) is 7.58. The second kappa shape index (κ2) is 7.18. The van der Waals surface area contributed by atoms with Crippen molar-refractivity contribution in [2.45, 2.75) is 64.3 Å². The molecular weight excluding hydrogens is 326 g/mol. The highest BCUT2D eigenvalue weighted by Crippen LogP contribution is 2.37. The molecule has 2 aliphatic carbocycles. The summed E-state index contributed by atoms with van der Waals surface area (Å²) in [6, 6.07) is 4.43. The van der Waals surface area contributed by atoms with Crippen molar-refractivity contribution in [1.29, 1.82) is 0 Å². The van der Waals surface area contributed by atoms with E-state index in [1.807, 2.05) is 13.0 Å². The zero-order valence-corrected chi connectivity index (χ0v) is 15.7. The van der Waals surface area contributed by atoms with Crippen molar-refractivity contribution in [3.8, 4) is 5.75 Å². The molecule has 1 N–H and O–H groups in total. The van der Waals surface area contributed by atoms with Gasteiger partial charge in [-0.05, 0) is 50.7 Å². The van der Waals surface area contributed by atoms with E-state index in [1.165, 1.54) is 36.6 Å². The van der Waals surface area contributed by atoms with Crippen LogP contribution in [0.25, 0.3) is 16.5 Å². The number of amides is 1. The fourth-order valence-electron chi connectivity index (χ4n) is 4.35. The topological polar surface area (TPSA) is 51.5 Å². The number of ether oxygens (including phenoxy) is 1. The summed E-state index contributed by atoms with van der Waals surface area (Å²) in [4.78, 5) is 12.4. The number of methoxy groups -OCH3 is 1. The Bertz CT molecular complexity index is 856. The van der Waals surface area contributed by atoms with Gasteiger partial charge in [0.25, 0.3) is 0 Å². The Morgan fingerprint density at radius 1 is 1.19 bits per heavy atom. The van der Waals surface area contributed by atoms with Gasteiger partial charge in [-0.25, -0.2) is 0 Å². The smallest absolute Gasteiger partial charge is 0.244 e. The van der Waals surface area contributed by atoms with E-state index in [1.54, 1.807) is 13.2 Å². The van der Waals surface area contributed by atoms with Gasteiger partial charge >= 0.3 is 0 Å². The molecule has 0 aliphatic heterocycles. The van der Waals surface area contributed by atoms with Crippen LogP contribution in [0.5, 0.6) is 5.75 Å². The third kappa shape index (κ3) is 3.25. The first-order valence-corrected chi connectivity index (χ1v) is 9.77. The van der Waals surface area contributed by atoms with E-state index in [0.29, 0.717) is 6.04 Å². The molecule has 2 aromatic rings. The molecule has 0 spiro atoms. The van der Waals surface area contributed by atoms with Gasteiger partial charge in [0.05, 0.1) is 7.11 Å². The van der Waals surface area contributed by atoms with Gasteiger partial charge in [0.2, 0.25) is 5.91 Å². The summed E-state index contributed by atoms with van der Waals surface area (Å²) < 4.78 is 11.6. The van der Waals surface area contributed by atoms with Crippen molar-refractivity contribution >= 4 is 22.4 Å². The van der Waals surface area contributed by atoms with Crippen LogP contribution in [0, 0.1) is 0 Å². The first-order chi connectivity index (χ1) is 12.7. The van der Waals surface area contributed by atoms with Crippen molar-refractivity contribution in [3.05, 3.63) is 35.1 Å². The molecule has 0 bridgehead atoms. The molecule has 4 rings (SSSR count). The minimum atomic E-state index is -0.00854. The van der Waals surface area contributed by atoms with E-state index in [0.717, 1.165) is 53.9 Å². The first-order valence-electron chi connectivity index (χ1n) is 9.77. The molecule has 2 aliphatic rings. The Morgan fingerprint density at radius 3 is 2.73 bits per heavy atom. The number of rotatable bonds is 4. The van der Waals surface area contributed by atoms with Crippen LogP contribution in [0.2, 0.25) is 0 Å². The molecule has 4 nitrogen and oxygen atoms in total. The Hall–Kier alpha value is -2.23. The van der Waals surface area contributed by atoms with Crippen LogP contribution in [0.1, 0.15) is 62.3 Å². The zero-order chi connectivity index (χ0) is 18.1. The van der Waals surface area contributed by atoms with Gasteiger partial charge in [-0.3, -0.25) is 4.79 Å². The fourth-order valence-corrected chi connectivity index (χ4v) is 4.35. The lowest BCUT2D eigenvalue weighted by Gasteiger charge is -2.12. The van der Waals surface area contributed by atoms with Crippen LogP contribution in [0.4, 0.5) is 0 Å². The van der Waals surface area contributed by atoms with Gasteiger partial charge in [-0.2, -0.15) is 0 Å². The maximum atomic E-state index is 12.4. The zero-order valence-electron chi connectivity index (χ0n) is 15.7. The lowest BCUT2D eigenvalue weighted by atomic mass is 9.94. The van der Waals surface area contributed by atoms with E-state index in [2.05, 4.69) is 11.4 Å². The van der Waals surface area contributed by atoms with Gasteiger partial charge in [0.15, 0.2) is 0 Å². The number of carbonyl (C=O) groups is 1. The van der Waals surface area contributed by atoms with Crippen molar-refractivity contribution < 1.29 is 13.9 Å². The second-order valence-electron chi connectivity index (χ2n) is 7.58. The summed E-state index contributed by atoms with van der Waals surface area (Å²) in [5.74, 6) is 1.86. The van der Waals surface area contributed by atoms with E-state index in [4.69, 9.17) is 9.15 Å². The molecule has 4 heteroatoms. The van der Waals surface area contributed by atoms with Crippen molar-refractivity contribution in [1.82, 2.24) is 5.32 Å². The van der Waals surface area contributed by atoms with Crippen LogP contribution < -0.4 is 10.1 Å². The number of hydrogen-bond acceptors (Lipinski definition) is 3. The summed E-state index contributed by atoms with van der Waals surface area (Å²) in [7, 11) is 1.67. The lowest BCUT2D eigenvalue weighted by Crippen LogP contribution is -2.31. The number of nitrogens with one attached hydrogen (secondary N) is 1. The average molecular weight is 353 g/mol. The SMILES string of the molecule is COc1cc2oc3c(c2cc1/C(C)=C/C(=O)NC1CCCC1)CCCC3. The highest BCUT2D eigenvalue weighted by Gasteiger charge is 2.21. The number of furan rings is 1. The number of hydrogen-bond donors (Lipinski definition) is 1. The molecule has 0 unspecified atom stereocenters. The highest BCUT2D eigenvalue weighted by atomic mass is 16.5. The first kappa shape index (κ1) is 17.2. The van der Waals surface area contributed by atoms with E-state index in [-0.39, 0.29) is 5.91 Å². The molecule has 1 heterocycles. The predicted molar refractivity (Wildman–Crippen MR) is 103 cm³/mol. The molecule has 1 aromatic heterocycles. The van der Waals surface area contributed by atoms with Crippen molar-refractivity contribution in [2.75, 3.05) is 7.11 Å². The number of carbonyl (C=O) groups excluding carboxylic acids is 1. The minimum Gasteiger partial charge on any atom is -0.496 e. The lowest BCUT2D eigenvalue weighted by molar-refractivity contribution is -0.117. The summed E-state index contributed by atoms with van der Waals surface area (Å²) in [5.41, 5.74) is 4.11. The van der Waals surface area contributed by atoms with Crippen LogP contribution >= 0.6 is 0 Å². The van der Waals surface area contributed by atoms with Crippen LogP contribution in [0.3, 0.4) is 0 Å². The monoisotopic (exact) mass is 353 g/mol. The van der Waals surface area contributed by atoms with E-state index >= 15 is 0 Å². The maximum Gasteiger partial charge on any atom is 0.244 e. The maximum absolute atomic E-state index is 12.4. The van der Waals surface area contributed by atoms with E-state index in [9.17, 15) is 4.79 Å². The molecule has 0 atom stereocenters. The van der Waals surface area contributed by atoms with Gasteiger partial charge in [-0.1, -0.05) is 12.8 Å². The molecule has 1 aromatic carbocycles. The highest BCUT2D eigenvalue weighted by molar-refractivity contribution is 5.97. The number of fused-ring (bicyclic) bond motifs is 3. The number of benzene rings is 1. The molecule has 138 valence electrons. The number of allylic oxidation sites excluding steroid dienone is 1. The molecule has 0 radical (unpaired) electrons. The van der Waals surface area contributed by atoms with Gasteiger partial charge < -0.3 is 14.5 Å². The Kier molecular flexibility index (Phi) is 4.75. The fraction of sp³-hybridized carbons (Fsp3) is 0.500. The Labute approximate surface area is 154 Å². The third-order valence-corrected chi connectivity index (χ3v) is 5.75. The summed E-state index contributed by atoms with van der Waals surface area (Å²) in [6.07, 6.45) is 10.8. The molecule has 1 fully saturated rings. The summed E-state index contributed by atoms with van der Waals surface area (Å²) >= 11 is 0. The van der Waals surface area contributed by atoms with Crippen LogP contribution in [0.15, 0.2) is 22.6 Å². The van der Waals surface area contributed by atoms with Gasteiger partial charge in [-0.15, -0.1) is 0 Å². The summed E-state index contributed by atoms with van der Waals surface area (Å²) in [6.45, 7) is 1.98. The number of aryl methyl sites for hydroxylation is 2. The summed E-state index contributed by atoms with van der Waals surface area (Å²) in [5, 5.41) is 4.29. The molecule has 0 saturated heterocycles. The largest absolute Gasteiger partial charge is 0.496 e. The molecule has 26 heavy (non-hydrogen) atoms. The van der Waals surface area contributed by atoms with Crippen molar-refractivity contribution in [2.24, 2.45) is 0 Å². The van der Waals surface area contributed by atoms with Gasteiger partial charge in [0.1, 0.15) is 17.1 Å². The van der Waals surface area contributed by atoms with E-state index < -0.39 is 0 Å². The van der Waals surface area contributed by atoms with Crippen molar-refractivity contribution in [3.63, 3.8) is 0 Å². The standard InChI is InChI=1S/C22H27NO3/c1-14(11-22(24)23-15-7-3-4-8-15)17-12-18-16-9-5-6-10-19(16)26-21(18)13-20(17)25-2/h11-13,15H,3-10H2,1-2H3,(H,23,24)/b14-11+. The van der Waals surface area contributed by atoms with Crippen LogP contribution in [-0.4, -0.2) is 19.1 Å². The average Bonchev–Trinajstić information content (AvgIpc) is 3.27. The minimum absolute atomic E-state index is 0.00854. The normalized spacial score (nSPS) is 18.2. The Balaban J connectivity index is 1.67. The van der Waals surface area contributed by atoms with Crippen LogP contribution in [-0.2, 0) is 17.6 Å². The molecule has 1 amide bonds. The molecular formula is C22H27NO3. The predicted octanol–water partition coefficient (Wildman–Crippen LogP) is 4.78. The van der Waals surface area contributed by atoms with Gasteiger partial charge in [0, 0.05) is 41.1 Å².